The lowest BCUT2D eigenvalue weighted by molar-refractivity contribution is -0.139. The van der Waals surface area contributed by atoms with Gasteiger partial charge in [0.2, 0.25) is 0 Å². The number of hydrogen-bond acceptors (Lipinski definition) is 7. The van der Waals surface area contributed by atoms with Crippen LogP contribution in [-0.2, 0) is 19.1 Å². The molecule has 34 heavy (non-hydrogen) atoms. The van der Waals surface area contributed by atoms with Crippen LogP contribution >= 0.6 is 0 Å². The van der Waals surface area contributed by atoms with Crippen LogP contribution in [0.25, 0.3) is 22.0 Å². The van der Waals surface area contributed by atoms with E-state index in [1.807, 2.05) is 42.5 Å². The molecule has 0 spiro atoms. The van der Waals surface area contributed by atoms with Crippen LogP contribution in [0.4, 0.5) is 0 Å². The van der Waals surface area contributed by atoms with E-state index in [0.717, 1.165) is 16.3 Å². The Bertz CT molecular complexity index is 1290. The van der Waals surface area contributed by atoms with Gasteiger partial charge in [-0.15, -0.1) is 0 Å². The summed E-state index contributed by atoms with van der Waals surface area (Å²) in [6, 6.07) is 13.9. The summed E-state index contributed by atoms with van der Waals surface area (Å²) in [6.45, 7) is 9.29. The third-order valence-electron chi connectivity index (χ3n) is 5.99. The van der Waals surface area contributed by atoms with Gasteiger partial charge in [-0.05, 0) is 45.4 Å². The van der Waals surface area contributed by atoms with Crippen LogP contribution < -0.4 is 5.32 Å². The van der Waals surface area contributed by atoms with E-state index in [1.54, 1.807) is 34.6 Å². The Hall–Kier alpha value is -3.87. The molecule has 176 valence electrons. The zero-order valence-corrected chi connectivity index (χ0v) is 20.0. The Morgan fingerprint density at radius 1 is 0.912 bits per heavy atom. The molecule has 2 aromatic carbocycles. The predicted molar refractivity (Wildman–Crippen MR) is 129 cm³/mol. The fraction of sp³-hybridized carbons (Fsp3) is 0.296. The molecule has 0 unspecified atom stereocenters. The average Bonchev–Trinajstić information content (AvgIpc) is 3.19. The number of allylic oxidation sites excluding steroid dienone is 2. The number of aryl methyl sites for hydroxylation is 1. The monoisotopic (exact) mass is 460 g/mol. The molecule has 0 saturated carbocycles. The Morgan fingerprint density at radius 2 is 1.50 bits per heavy atom. The van der Waals surface area contributed by atoms with Crippen LogP contribution in [0.2, 0.25) is 0 Å². The van der Waals surface area contributed by atoms with Crippen molar-refractivity contribution in [2.75, 3.05) is 13.2 Å². The molecule has 0 bridgehead atoms. The van der Waals surface area contributed by atoms with Gasteiger partial charge in [0.15, 0.2) is 0 Å². The van der Waals surface area contributed by atoms with Gasteiger partial charge in [-0.25, -0.2) is 9.59 Å². The first kappa shape index (κ1) is 23.3. The van der Waals surface area contributed by atoms with Crippen molar-refractivity contribution in [3.8, 4) is 11.3 Å². The van der Waals surface area contributed by atoms with Crippen molar-refractivity contribution < 1.29 is 23.6 Å². The quantitative estimate of drug-likeness (QED) is 0.508. The minimum atomic E-state index is -0.764. The molecule has 2 heterocycles. The van der Waals surface area contributed by atoms with Crippen molar-refractivity contribution in [2.45, 2.75) is 40.5 Å². The lowest BCUT2D eigenvalue weighted by atomic mass is 9.78. The number of esters is 2. The van der Waals surface area contributed by atoms with Crippen molar-refractivity contribution in [1.82, 2.24) is 10.5 Å². The maximum absolute atomic E-state index is 13.2. The number of benzene rings is 2. The van der Waals surface area contributed by atoms with Gasteiger partial charge >= 0.3 is 11.9 Å². The summed E-state index contributed by atoms with van der Waals surface area (Å²) in [7, 11) is 0. The van der Waals surface area contributed by atoms with Gasteiger partial charge in [0.05, 0.1) is 30.3 Å². The number of hydrogen-bond donors (Lipinski definition) is 1. The maximum atomic E-state index is 13.2. The highest BCUT2D eigenvalue weighted by atomic mass is 16.5. The van der Waals surface area contributed by atoms with Crippen molar-refractivity contribution in [3.63, 3.8) is 0 Å². The predicted octanol–water partition coefficient (Wildman–Crippen LogP) is 5.16. The highest BCUT2D eigenvalue weighted by Crippen LogP contribution is 2.45. The number of fused-ring (bicyclic) bond motifs is 1. The third-order valence-corrected chi connectivity index (χ3v) is 5.99. The number of carbonyl (C=O) groups is 2. The van der Waals surface area contributed by atoms with E-state index >= 15 is 0 Å². The highest BCUT2D eigenvalue weighted by molar-refractivity contribution is 6.02. The normalized spacial score (nSPS) is 14.4. The molecular weight excluding hydrogens is 432 g/mol. The summed E-state index contributed by atoms with van der Waals surface area (Å²) >= 11 is 0. The zero-order chi connectivity index (χ0) is 24.4. The number of carbonyl (C=O) groups excluding carboxylic acids is 2. The number of rotatable bonds is 6. The summed E-state index contributed by atoms with van der Waals surface area (Å²) in [6.07, 6.45) is 0. The average molecular weight is 461 g/mol. The second-order valence-electron chi connectivity index (χ2n) is 8.10. The lowest BCUT2D eigenvalue weighted by Crippen LogP contribution is -2.33. The molecule has 7 nitrogen and oxygen atoms in total. The summed E-state index contributed by atoms with van der Waals surface area (Å²) in [5.41, 5.74) is 3.96. The standard InChI is InChI=1S/C27H28N2O5/c1-6-32-26(30)21-15(3)28-16(4)22(27(31)33-7-2)24(21)23-17(5)34-29-25(23)20-14-10-12-18-11-8-9-13-19(18)20/h8-14,24,28H,6-7H2,1-5H3. The van der Waals surface area contributed by atoms with E-state index in [-0.39, 0.29) is 13.2 Å². The Labute approximate surface area is 198 Å². The number of nitrogens with one attached hydrogen (secondary N) is 1. The van der Waals surface area contributed by atoms with Crippen LogP contribution in [0.1, 0.15) is 44.9 Å². The number of aromatic nitrogens is 1. The number of dihydropyridines is 1. The van der Waals surface area contributed by atoms with Crippen molar-refractivity contribution in [1.29, 1.82) is 0 Å². The topological polar surface area (TPSA) is 90.7 Å². The fourth-order valence-corrected chi connectivity index (χ4v) is 4.59. The Kier molecular flexibility index (Phi) is 6.54. The van der Waals surface area contributed by atoms with E-state index in [2.05, 4.69) is 10.5 Å². The largest absolute Gasteiger partial charge is 0.463 e. The van der Waals surface area contributed by atoms with Crippen LogP contribution in [0.15, 0.2) is 69.5 Å². The second kappa shape index (κ2) is 9.55. The molecule has 1 aliphatic rings. The van der Waals surface area contributed by atoms with E-state index in [4.69, 9.17) is 14.0 Å². The van der Waals surface area contributed by atoms with Crippen LogP contribution in [-0.4, -0.2) is 30.3 Å². The smallest absolute Gasteiger partial charge is 0.336 e. The minimum Gasteiger partial charge on any atom is -0.463 e. The van der Waals surface area contributed by atoms with Gasteiger partial charge < -0.3 is 19.3 Å². The van der Waals surface area contributed by atoms with Gasteiger partial charge in [0.25, 0.3) is 0 Å². The molecule has 3 aromatic rings. The SMILES string of the molecule is CCOC(=O)C1=C(C)NC(C)=C(C(=O)OCC)C1c1c(-c2cccc3ccccc23)noc1C. The fourth-order valence-electron chi connectivity index (χ4n) is 4.59. The molecule has 7 heteroatoms. The van der Waals surface area contributed by atoms with Crippen molar-refractivity contribution in [3.05, 3.63) is 76.3 Å². The van der Waals surface area contributed by atoms with E-state index in [0.29, 0.717) is 39.6 Å². The van der Waals surface area contributed by atoms with Crippen LogP contribution in [0.3, 0.4) is 0 Å². The molecule has 0 saturated heterocycles. The summed E-state index contributed by atoms with van der Waals surface area (Å²) < 4.78 is 16.5. The second-order valence-corrected chi connectivity index (χ2v) is 8.10. The van der Waals surface area contributed by atoms with Crippen LogP contribution in [0, 0.1) is 6.92 Å². The lowest BCUT2D eigenvalue weighted by Gasteiger charge is -2.30. The highest BCUT2D eigenvalue weighted by Gasteiger charge is 2.41. The molecule has 1 N–H and O–H groups in total. The molecule has 0 fully saturated rings. The Morgan fingerprint density at radius 3 is 2.12 bits per heavy atom. The van der Waals surface area contributed by atoms with Crippen molar-refractivity contribution in [2.24, 2.45) is 0 Å². The molecule has 0 atom stereocenters. The molecule has 0 amide bonds. The summed E-state index contributed by atoms with van der Waals surface area (Å²) in [4.78, 5) is 26.3. The van der Waals surface area contributed by atoms with Gasteiger partial charge in [-0.2, -0.15) is 0 Å². The first-order chi connectivity index (χ1) is 16.4. The Balaban J connectivity index is 2.01. The van der Waals surface area contributed by atoms with Crippen LogP contribution in [0.5, 0.6) is 0 Å². The molecule has 1 aromatic heterocycles. The van der Waals surface area contributed by atoms with Crippen molar-refractivity contribution >= 4 is 22.7 Å². The molecular formula is C27H28N2O5. The molecule has 4 rings (SSSR count). The van der Waals surface area contributed by atoms with Gasteiger partial charge in [0, 0.05) is 22.5 Å². The first-order valence-corrected chi connectivity index (χ1v) is 11.4. The first-order valence-electron chi connectivity index (χ1n) is 11.4. The molecule has 1 aliphatic heterocycles. The van der Waals surface area contributed by atoms with E-state index < -0.39 is 17.9 Å². The third kappa shape index (κ3) is 3.98. The number of ether oxygens (including phenoxy) is 2. The number of nitrogens with zero attached hydrogens (tertiary/aromatic N) is 1. The summed E-state index contributed by atoms with van der Waals surface area (Å²) in [5, 5.41) is 9.60. The maximum Gasteiger partial charge on any atom is 0.336 e. The minimum absolute atomic E-state index is 0.207. The van der Waals surface area contributed by atoms with Gasteiger partial charge in [-0.3, -0.25) is 0 Å². The van der Waals surface area contributed by atoms with E-state index in [9.17, 15) is 9.59 Å². The summed E-state index contributed by atoms with van der Waals surface area (Å²) in [5.74, 6) is -1.26. The zero-order valence-electron chi connectivity index (χ0n) is 20.0. The molecule has 0 radical (unpaired) electrons. The van der Waals surface area contributed by atoms with Gasteiger partial charge in [-0.1, -0.05) is 47.6 Å². The van der Waals surface area contributed by atoms with E-state index in [1.165, 1.54) is 0 Å². The van der Waals surface area contributed by atoms with Gasteiger partial charge in [0.1, 0.15) is 11.5 Å². The molecule has 0 aliphatic carbocycles.